The van der Waals surface area contributed by atoms with Crippen LogP contribution in [0.25, 0.3) is 10.9 Å². The lowest BCUT2D eigenvalue weighted by atomic mass is 10.2. The van der Waals surface area contributed by atoms with Crippen LogP contribution < -0.4 is 5.32 Å². The first-order valence-corrected chi connectivity index (χ1v) is 11.0. The topological polar surface area (TPSA) is 83.4 Å². The van der Waals surface area contributed by atoms with Gasteiger partial charge in [0, 0.05) is 42.2 Å². The molecule has 1 N–H and O–H groups in total. The summed E-state index contributed by atoms with van der Waals surface area (Å²) >= 11 is 6.76. The molecule has 2 aromatic heterocycles. The first-order chi connectivity index (χ1) is 14.4. The van der Waals surface area contributed by atoms with Gasteiger partial charge in [0.25, 0.3) is 5.91 Å². The van der Waals surface area contributed by atoms with Crippen LogP contribution in [-0.2, 0) is 11.3 Å². The number of nitrogens with one attached hydrogen (secondary N) is 1. The number of rotatable bonds is 4. The Bertz CT molecular complexity index is 1110. The molecule has 156 valence electrons. The Morgan fingerprint density at radius 1 is 1.13 bits per heavy atom. The summed E-state index contributed by atoms with van der Waals surface area (Å²) in [7, 11) is 2.06. The number of halogens is 2. The summed E-state index contributed by atoms with van der Waals surface area (Å²) < 4.78 is 2.95. The minimum absolute atomic E-state index is 0.0595. The van der Waals surface area contributed by atoms with Gasteiger partial charge in [0.15, 0.2) is 0 Å². The molecule has 0 unspecified atom stereocenters. The lowest BCUT2D eigenvalue weighted by Crippen LogP contribution is -2.48. The molecule has 1 aromatic carbocycles. The van der Waals surface area contributed by atoms with Gasteiger partial charge in [-0.15, -0.1) is 0 Å². The van der Waals surface area contributed by atoms with Gasteiger partial charge >= 0.3 is 0 Å². The molecule has 30 heavy (non-hydrogen) atoms. The normalized spacial score (nSPS) is 14.8. The quantitative estimate of drug-likeness (QED) is 0.519. The average Bonchev–Trinajstić information content (AvgIpc) is 3.09. The Morgan fingerprint density at radius 3 is 2.63 bits per heavy atom. The number of aromatic nitrogens is 3. The molecule has 3 heterocycles. The standard InChI is InChI=1S/C20H20Br2N6O2/c1-26-5-7-27(8-6-26)19(29)12-28-11-13-9-17(14(21)10-16(13)25-28)24-20(30)15-3-2-4-18(22)23-15/h2-4,9-11H,5-8,12H2,1H3,(H,24,30). The maximum Gasteiger partial charge on any atom is 0.274 e. The van der Waals surface area contributed by atoms with Crippen LogP contribution in [0.2, 0.25) is 0 Å². The third kappa shape index (κ3) is 4.71. The molecule has 0 aliphatic carbocycles. The van der Waals surface area contributed by atoms with Crippen LogP contribution in [0.1, 0.15) is 10.5 Å². The molecule has 1 aliphatic heterocycles. The summed E-state index contributed by atoms with van der Waals surface area (Å²) in [6, 6.07) is 8.83. The number of carbonyl (C=O) groups is 2. The van der Waals surface area contributed by atoms with Crippen molar-refractivity contribution in [1.29, 1.82) is 0 Å². The van der Waals surface area contributed by atoms with E-state index in [1.54, 1.807) is 22.9 Å². The molecule has 0 radical (unpaired) electrons. The first-order valence-electron chi connectivity index (χ1n) is 9.46. The molecule has 3 aromatic rings. The molecule has 1 saturated heterocycles. The number of amides is 2. The molecule has 0 saturated carbocycles. The summed E-state index contributed by atoms with van der Waals surface area (Å²) in [6.45, 7) is 3.44. The van der Waals surface area contributed by atoms with Gasteiger partial charge in [-0.1, -0.05) is 6.07 Å². The minimum Gasteiger partial charge on any atom is -0.339 e. The van der Waals surface area contributed by atoms with Crippen molar-refractivity contribution in [2.45, 2.75) is 6.54 Å². The van der Waals surface area contributed by atoms with E-state index in [0.717, 1.165) is 37.1 Å². The molecule has 10 heteroatoms. The highest BCUT2D eigenvalue weighted by Crippen LogP contribution is 2.28. The number of piperazine rings is 1. The van der Waals surface area contributed by atoms with Gasteiger partial charge in [-0.25, -0.2) is 4.98 Å². The Morgan fingerprint density at radius 2 is 1.90 bits per heavy atom. The second-order valence-corrected chi connectivity index (χ2v) is 8.87. The fourth-order valence-electron chi connectivity index (χ4n) is 3.29. The summed E-state index contributed by atoms with van der Waals surface area (Å²) in [6.07, 6.45) is 1.82. The van der Waals surface area contributed by atoms with E-state index in [-0.39, 0.29) is 18.4 Å². The van der Waals surface area contributed by atoms with E-state index in [4.69, 9.17) is 0 Å². The molecule has 0 bridgehead atoms. The molecule has 4 rings (SSSR count). The number of nitrogens with zero attached hydrogens (tertiary/aromatic N) is 5. The van der Waals surface area contributed by atoms with Crippen molar-refractivity contribution in [2.75, 3.05) is 38.5 Å². The molecule has 0 atom stereocenters. The molecular formula is C20H20Br2N6O2. The first kappa shape index (κ1) is 21.0. The summed E-state index contributed by atoms with van der Waals surface area (Å²) in [5.74, 6) is -0.252. The smallest absolute Gasteiger partial charge is 0.274 e. The Kier molecular flexibility index (Phi) is 6.16. The highest BCUT2D eigenvalue weighted by Gasteiger charge is 2.20. The van der Waals surface area contributed by atoms with E-state index < -0.39 is 0 Å². The summed E-state index contributed by atoms with van der Waals surface area (Å²) in [4.78, 5) is 33.4. The monoisotopic (exact) mass is 534 g/mol. The van der Waals surface area contributed by atoms with Crippen molar-refractivity contribution < 1.29 is 9.59 Å². The molecular weight excluding hydrogens is 516 g/mol. The average molecular weight is 536 g/mol. The van der Waals surface area contributed by atoms with Crippen LogP contribution in [0.3, 0.4) is 0 Å². The van der Waals surface area contributed by atoms with Crippen LogP contribution in [-0.4, -0.2) is 69.6 Å². The van der Waals surface area contributed by atoms with Gasteiger partial charge in [-0.05, 0) is 63.2 Å². The van der Waals surface area contributed by atoms with Crippen molar-refractivity contribution >= 4 is 60.3 Å². The van der Waals surface area contributed by atoms with E-state index in [2.05, 4.69) is 59.2 Å². The van der Waals surface area contributed by atoms with Crippen LogP contribution in [0, 0.1) is 0 Å². The van der Waals surface area contributed by atoms with Crippen molar-refractivity contribution in [3.8, 4) is 0 Å². The Labute approximate surface area is 190 Å². The third-order valence-corrected chi connectivity index (χ3v) is 6.09. The zero-order valence-corrected chi connectivity index (χ0v) is 19.5. The van der Waals surface area contributed by atoms with Gasteiger partial charge < -0.3 is 15.1 Å². The zero-order chi connectivity index (χ0) is 21.3. The largest absolute Gasteiger partial charge is 0.339 e. The SMILES string of the molecule is CN1CCN(C(=O)Cn2cc3cc(NC(=O)c4cccc(Br)n4)c(Br)cc3n2)CC1. The van der Waals surface area contributed by atoms with Gasteiger partial charge in [0.1, 0.15) is 16.8 Å². The fraction of sp³-hybridized carbons (Fsp3) is 0.300. The van der Waals surface area contributed by atoms with Crippen LogP contribution >= 0.6 is 31.9 Å². The number of benzene rings is 1. The van der Waals surface area contributed by atoms with E-state index in [0.29, 0.717) is 20.5 Å². The van der Waals surface area contributed by atoms with Crippen molar-refractivity contribution in [3.63, 3.8) is 0 Å². The lowest BCUT2D eigenvalue weighted by molar-refractivity contribution is -0.133. The minimum atomic E-state index is -0.311. The third-order valence-electron chi connectivity index (χ3n) is 4.99. The highest BCUT2D eigenvalue weighted by atomic mass is 79.9. The van der Waals surface area contributed by atoms with Crippen molar-refractivity contribution in [2.24, 2.45) is 0 Å². The maximum absolute atomic E-state index is 12.6. The number of hydrogen-bond acceptors (Lipinski definition) is 5. The second kappa shape index (κ2) is 8.83. The Hall–Kier alpha value is -2.30. The number of likely N-dealkylation sites (N-methyl/N-ethyl adjacent to an activating group) is 1. The van der Waals surface area contributed by atoms with Crippen molar-refractivity contribution in [1.82, 2.24) is 24.6 Å². The predicted molar refractivity (Wildman–Crippen MR) is 121 cm³/mol. The number of pyridine rings is 1. The van der Waals surface area contributed by atoms with Crippen LogP contribution in [0.15, 0.2) is 45.6 Å². The van der Waals surface area contributed by atoms with Crippen LogP contribution in [0.4, 0.5) is 5.69 Å². The number of fused-ring (bicyclic) bond motifs is 1. The van der Waals surface area contributed by atoms with Gasteiger partial charge in [-0.3, -0.25) is 14.3 Å². The second-order valence-electron chi connectivity index (χ2n) is 7.20. The lowest BCUT2D eigenvalue weighted by Gasteiger charge is -2.32. The van der Waals surface area contributed by atoms with Gasteiger partial charge in [0.05, 0.1) is 11.2 Å². The molecule has 0 spiro atoms. The highest BCUT2D eigenvalue weighted by molar-refractivity contribution is 9.10. The predicted octanol–water partition coefficient (Wildman–Crippen LogP) is 2.98. The number of anilines is 1. The van der Waals surface area contributed by atoms with E-state index in [9.17, 15) is 9.59 Å². The van der Waals surface area contributed by atoms with E-state index in [1.165, 1.54) is 0 Å². The number of carbonyl (C=O) groups excluding carboxylic acids is 2. The van der Waals surface area contributed by atoms with Gasteiger partial charge in [0.2, 0.25) is 5.91 Å². The molecule has 8 nitrogen and oxygen atoms in total. The Balaban J connectivity index is 1.50. The molecule has 2 amide bonds. The number of hydrogen-bond donors (Lipinski definition) is 1. The van der Waals surface area contributed by atoms with E-state index in [1.807, 2.05) is 23.2 Å². The molecule has 1 fully saturated rings. The zero-order valence-electron chi connectivity index (χ0n) is 16.3. The van der Waals surface area contributed by atoms with E-state index >= 15 is 0 Å². The van der Waals surface area contributed by atoms with Gasteiger partial charge in [-0.2, -0.15) is 5.10 Å². The summed E-state index contributed by atoms with van der Waals surface area (Å²) in [5.41, 5.74) is 1.66. The van der Waals surface area contributed by atoms with Crippen molar-refractivity contribution in [3.05, 3.63) is 51.3 Å². The molecule has 1 aliphatic rings. The van der Waals surface area contributed by atoms with Crippen LogP contribution in [0.5, 0.6) is 0 Å². The maximum atomic E-state index is 12.6. The fourth-order valence-corrected chi connectivity index (χ4v) is 4.06. The summed E-state index contributed by atoms with van der Waals surface area (Å²) in [5, 5.41) is 8.21.